The summed E-state index contributed by atoms with van der Waals surface area (Å²) < 4.78 is 2.27. The van der Waals surface area contributed by atoms with Crippen molar-refractivity contribution in [2.75, 3.05) is 19.6 Å². The maximum atomic E-state index is 13.0. The molecule has 2 fully saturated rings. The highest BCUT2D eigenvalue weighted by molar-refractivity contribution is 5.98. The van der Waals surface area contributed by atoms with Crippen molar-refractivity contribution in [3.05, 3.63) is 35.5 Å². The first-order valence-corrected chi connectivity index (χ1v) is 11.6. The number of likely N-dealkylation sites (tertiary alicyclic amines) is 2. The second-order valence-electron chi connectivity index (χ2n) is 8.96. The summed E-state index contributed by atoms with van der Waals surface area (Å²) in [6.07, 6.45) is 5.21. The Labute approximate surface area is 188 Å². The number of fused-ring (bicyclic) bond motifs is 1. The molecular formula is C24H33N5O3. The molecule has 2 aromatic rings. The van der Waals surface area contributed by atoms with Gasteiger partial charge in [-0.15, -0.1) is 0 Å². The van der Waals surface area contributed by atoms with Crippen LogP contribution in [0.15, 0.2) is 24.3 Å². The average molecular weight is 440 g/mol. The zero-order valence-corrected chi connectivity index (χ0v) is 18.7. The number of nitrogens with one attached hydrogen (secondary N) is 1. The van der Waals surface area contributed by atoms with Gasteiger partial charge in [0.25, 0.3) is 0 Å². The maximum absolute atomic E-state index is 13.0. The molecule has 8 heteroatoms. The van der Waals surface area contributed by atoms with Gasteiger partial charge >= 0.3 is 5.97 Å². The predicted octanol–water partition coefficient (Wildman–Crippen LogP) is 2.42. The van der Waals surface area contributed by atoms with Crippen molar-refractivity contribution in [3.8, 4) is 0 Å². The molecule has 32 heavy (non-hydrogen) atoms. The van der Waals surface area contributed by atoms with Gasteiger partial charge in [-0.05, 0) is 69.5 Å². The van der Waals surface area contributed by atoms with Crippen LogP contribution in [-0.4, -0.2) is 68.9 Å². The summed E-state index contributed by atoms with van der Waals surface area (Å²) in [4.78, 5) is 28.3. The molecule has 0 radical (unpaired) electrons. The van der Waals surface area contributed by atoms with Crippen molar-refractivity contribution >= 4 is 28.6 Å². The van der Waals surface area contributed by atoms with E-state index in [1.54, 1.807) is 0 Å². The normalized spacial score (nSPS) is 21.5. The number of nitrogens with two attached hydrogens (primary N) is 1. The number of hydrogen-bond donors (Lipinski definition) is 3. The lowest BCUT2D eigenvalue weighted by atomic mass is 10.1. The minimum atomic E-state index is -0.825. The first-order chi connectivity index (χ1) is 15.4. The third-order valence-corrected chi connectivity index (χ3v) is 7.04. The summed E-state index contributed by atoms with van der Waals surface area (Å²) in [5.41, 5.74) is 8.72. The topological polar surface area (TPSA) is 116 Å². The Kier molecular flexibility index (Phi) is 6.50. The van der Waals surface area contributed by atoms with Gasteiger partial charge in [-0.25, -0.2) is 0 Å². The van der Waals surface area contributed by atoms with Crippen LogP contribution in [0.2, 0.25) is 0 Å². The van der Waals surface area contributed by atoms with Crippen LogP contribution in [0.4, 0.5) is 0 Å². The molecule has 0 aliphatic carbocycles. The molecule has 1 amide bonds. The van der Waals surface area contributed by atoms with Gasteiger partial charge in [-0.1, -0.05) is 12.1 Å². The number of aromatic nitrogens is 1. The van der Waals surface area contributed by atoms with Crippen molar-refractivity contribution < 1.29 is 14.7 Å². The second-order valence-corrected chi connectivity index (χ2v) is 8.96. The SMILES string of the molecule is CCn1c(CC[C@@H]2CCCN2C(=O)CN2CCCC2C(=O)O)cc2ccc(C(=N)N)cc21. The standard InChI is InChI=1S/C24H33N5O3/c1-2-28-19(13-16-7-8-17(23(25)26)14-21(16)28)10-9-18-5-3-12-29(18)22(30)15-27-11-4-6-20(27)24(31)32/h7-8,13-14,18,20H,2-6,9-12,15H2,1H3,(H3,25,26)(H,31,32)/t18-,20?/m0/s1. The number of carboxylic acids is 1. The molecule has 8 nitrogen and oxygen atoms in total. The minimum absolute atomic E-state index is 0.0581. The molecule has 0 saturated carbocycles. The van der Waals surface area contributed by atoms with Gasteiger partial charge in [-0.3, -0.25) is 19.9 Å². The Morgan fingerprint density at radius 1 is 1.19 bits per heavy atom. The van der Waals surface area contributed by atoms with Gasteiger partial charge in [0.05, 0.1) is 6.54 Å². The van der Waals surface area contributed by atoms with E-state index >= 15 is 0 Å². The number of nitrogens with zero attached hydrogens (tertiary/aromatic N) is 3. The number of nitrogen functional groups attached to an aromatic ring is 1. The molecule has 2 aliphatic rings. The van der Waals surface area contributed by atoms with Gasteiger partial charge in [0.2, 0.25) is 5.91 Å². The average Bonchev–Trinajstić information content (AvgIpc) is 3.49. The third-order valence-electron chi connectivity index (χ3n) is 7.04. The van der Waals surface area contributed by atoms with Crippen molar-refractivity contribution in [1.29, 1.82) is 5.41 Å². The van der Waals surface area contributed by atoms with E-state index in [1.165, 1.54) is 5.69 Å². The lowest BCUT2D eigenvalue weighted by Crippen LogP contribution is -2.46. The molecule has 1 unspecified atom stereocenters. The highest BCUT2D eigenvalue weighted by Crippen LogP contribution is 2.27. The number of hydrogen-bond acceptors (Lipinski definition) is 4. The van der Waals surface area contributed by atoms with E-state index < -0.39 is 12.0 Å². The fourth-order valence-electron chi connectivity index (χ4n) is 5.40. The fourth-order valence-corrected chi connectivity index (χ4v) is 5.40. The van der Waals surface area contributed by atoms with E-state index in [2.05, 4.69) is 17.6 Å². The summed E-state index contributed by atoms with van der Waals surface area (Å²) in [6, 6.07) is 7.75. The second kappa shape index (κ2) is 9.32. The molecule has 172 valence electrons. The molecule has 0 spiro atoms. The molecule has 2 aliphatic heterocycles. The van der Waals surface area contributed by atoms with Gasteiger partial charge in [0, 0.05) is 35.9 Å². The first kappa shape index (κ1) is 22.3. The number of amides is 1. The fraction of sp³-hybridized carbons (Fsp3) is 0.542. The molecule has 2 atom stereocenters. The van der Waals surface area contributed by atoms with Crippen molar-refractivity contribution in [3.63, 3.8) is 0 Å². The molecule has 4 N–H and O–H groups in total. The maximum Gasteiger partial charge on any atom is 0.320 e. The minimum Gasteiger partial charge on any atom is -0.480 e. The largest absolute Gasteiger partial charge is 0.480 e. The summed E-state index contributed by atoms with van der Waals surface area (Å²) in [6.45, 7) is 4.59. The van der Waals surface area contributed by atoms with Crippen LogP contribution in [0.3, 0.4) is 0 Å². The number of carboxylic acid groups (broad SMARTS) is 1. The number of rotatable bonds is 8. The van der Waals surface area contributed by atoms with Crippen molar-refractivity contribution in [1.82, 2.24) is 14.4 Å². The number of amidine groups is 1. The molecule has 1 aromatic heterocycles. The highest BCUT2D eigenvalue weighted by Gasteiger charge is 2.35. The quantitative estimate of drug-likeness (QED) is 0.432. The van der Waals surface area contributed by atoms with Gasteiger partial charge < -0.3 is 20.3 Å². The van der Waals surface area contributed by atoms with Crippen LogP contribution in [-0.2, 0) is 22.6 Å². The predicted molar refractivity (Wildman–Crippen MR) is 124 cm³/mol. The molecule has 2 saturated heterocycles. The molecular weight excluding hydrogens is 406 g/mol. The number of aryl methyl sites for hydroxylation is 2. The van der Waals surface area contributed by atoms with Gasteiger partial charge in [-0.2, -0.15) is 0 Å². The monoisotopic (exact) mass is 439 g/mol. The lowest BCUT2D eigenvalue weighted by molar-refractivity contribution is -0.143. The van der Waals surface area contributed by atoms with E-state index in [-0.39, 0.29) is 24.3 Å². The van der Waals surface area contributed by atoms with E-state index in [1.807, 2.05) is 28.0 Å². The number of carbonyl (C=O) groups is 2. The molecule has 1 aromatic carbocycles. The lowest BCUT2D eigenvalue weighted by Gasteiger charge is -2.28. The smallest absolute Gasteiger partial charge is 0.320 e. The molecule has 0 bridgehead atoms. The Hall–Kier alpha value is -2.87. The first-order valence-electron chi connectivity index (χ1n) is 11.6. The Bertz CT molecular complexity index is 1030. The zero-order valence-electron chi connectivity index (χ0n) is 18.7. The van der Waals surface area contributed by atoms with E-state index in [0.717, 1.165) is 61.7 Å². The van der Waals surface area contributed by atoms with E-state index in [9.17, 15) is 14.7 Å². The van der Waals surface area contributed by atoms with Crippen LogP contribution in [0.25, 0.3) is 10.9 Å². The summed E-state index contributed by atoms with van der Waals surface area (Å²) in [5.74, 6) is -0.697. The molecule has 3 heterocycles. The van der Waals surface area contributed by atoms with E-state index in [4.69, 9.17) is 11.1 Å². The van der Waals surface area contributed by atoms with Gasteiger partial charge in [0.15, 0.2) is 0 Å². The Morgan fingerprint density at radius 2 is 1.97 bits per heavy atom. The number of benzene rings is 1. The van der Waals surface area contributed by atoms with Crippen LogP contribution in [0.5, 0.6) is 0 Å². The molecule has 4 rings (SSSR count). The number of aliphatic carboxylic acids is 1. The Morgan fingerprint density at radius 3 is 2.69 bits per heavy atom. The summed E-state index contributed by atoms with van der Waals surface area (Å²) in [5, 5.41) is 18.2. The number of carbonyl (C=O) groups excluding carboxylic acids is 1. The van der Waals surface area contributed by atoms with Crippen LogP contribution in [0, 0.1) is 5.41 Å². The van der Waals surface area contributed by atoms with E-state index in [0.29, 0.717) is 13.0 Å². The summed E-state index contributed by atoms with van der Waals surface area (Å²) in [7, 11) is 0. The third kappa shape index (κ3) is 4.37. The highest BCUT2D eigenvalue weighted by atomic mass is 16.4. The van der Waals surface area contributed by atoms with Crippen LogP contribution < -0.4 is 5.73 Å². The summed E-state index contributed by atoms with van der Waals surface area (Å²) >= 11 is 0. The van der Waals surface area contributed by atoms with Crippen LogP contribution in [0.1, 0.15) is 50.3 Å². The van der Waals surface area contributed by atoms with Crippen molar-refractivity contribution in [2.45, 2.75) is 64.1 Å². The van der Waals surface area contributed by atoms with Crippen LogP contribution >= 0.6 is 0 Å². The van der Waals surface area contributed by atoms with Crippen molar-refractivity contribution in [2.24, 2.45) is 5.73 Å². The van der Waals surface area contributed by atoms with Gasteiger partial charge in [0.1, 0.15) is 11.9 Å². The zero-order chi connectivity index (χ0) is 22.8. The Balaban J connectivity index is 1.44.